The van der Waals surface area contributed by atoms with Gasteiger partial charge in [0.05, 0.1) is 10.6 Å². The Bertz CT molecular complexity index is 968. The van der Waals surface area contributed by atoms with E-state index in [0.29, 0.717) is 11.4 Å². The van der Waals surface area contributed by atoms with E-state index in [1.807, 2.05) is 30.3 Å². The first-order valence-corrected chi connectivity index (χ1v) is 9.98. The van der Waals surface area contributed by atoms with Crippen LogP contribution in [0.15, 0.2) is 57.8 Å². The summed E-state index contributed by atoms with van der Waals surface area (Å²) >= 11 is 2.19. The number of carbonyl (C=O) groups is 3. The Morgan fingerprint density at radius 2 is 2.00 bits per heavy atom. The summed E-state index contributed by atoms with van der Waals surface area (Å²) in [5.74, 6) is -1.92. The lowest BCUT2D eigenvalue weighted by atomic mass is 10.2. The molecule has 1 aromatic carbocycles. The maximum absolute atomic E-state index is 12.1. The number of hydrogen-bond donors (Lipinski definition) is 3. The predicted octanol–water partition coefficient (Wildman–Crippen LogP) is 1.84. The van der Waals surface area contributed by atoms with Gasteiger partial charge in [-0.1, -0.05) is 48.2 Å². The summed E-state index contributed by atoms with van der Waals surface area (Å²) in [5.41, 5.74) is 0.624. The molecule has 1 aliphatic heterocycles. The smallest absolute Gasteiger partial charge is 0.287 e. The van der Waals surface area contributed by atoms with Crippen LogP contribution in [0.5, 0.6) is 0 Å². The normalized spacial score (nSPS) is 15.1. The number of hydrogen-bond acceptors (Lipinski definition) is 6. The number of rotatable bonds is 5. The third-order valence-electron chi connectivity index (χ3n) is 3.49. The third-order valence-corrected chi connectivity index (χ3v) is 5.22. The minimum atomic E-state index is -0.697. The monoisotopic (exact) mass is 413 g/mol. The van der Waals surface area contributed by atoms with Gasteiger partial charge in [-0.15, -0.1) is 11.3 Å². The van der Waals surface area contributed by atoms with Crippen molar-refractivity contribution in [3.05, 3.63) is 58.3 Å². The molecule has 0 atom stereocenters. The van der Waals surface area contributed by atoms with Crippen LogP contribution in [0, 0.1) is 5.41 Å². The molecule has 3 N–H and O–H groups in total. The highest BCUT2D eigenvalue weighted by atomic mass is 32.2. The highest BCUT2D eigenvalue weighted by Crippen LogP contribution is 2.12. The molecule has 0 spiro atoms. The summed E-state index contributed by atoms with van der Waals surface area (Å²) in [4.78, 5) is 44.0. The van der Waals surface area contributed by atoms with Gasteiger partial charge >= 0.3 is 0 Å². The van der Waals surface area contributed by atoms with E-state index < -0.39 is 17.6 Å². The largest absolute Gasteiger partial charge is 0.351 e. The molecular formula is C18H15N5O3S2. The highest BCUT2D eigenvalue weighted by molar-refractivity contribution is 8.14. The number of carbonyl (C=O) groups excluding carboxylic acids is 3. The number of thioether (sulfide) groups is 1. The van der Waals surface area contributed by atoms with E-state index in [4.69, 9.17) is 5.41 Å². The molecule has 0 aliphatic carbocycles. The van der Waals surface area contributed by atoms with Gasteiger partial charge < -0.3 is 5.32 Å². The van der Waals surface area contributed by atoms with Crippen molar-refractivity contribution in [3.8, 4) is 0 Å². The first-order chi connectivity index (χ1) is 13.5. The quantitative estimate of drug-likeness (QED) is 0.692. The summed E-state index contributed by atoms with van der Waals surface area (Å²) in [6, 6.07) is 12.7. The summed E-state index contributed by atoms with van der Waals surface area (Å²) in [5, 5.41) is 14.9. The Morgan fingerprint density at radius 1 is 1.21 bits per heavy atom. The molecule has 8 nitrogen and oxygen atoms in total. The molecule has 0 unspecified atom stereocenters. The van der Waals surface area contributed by atoms with Gasteiger partial charge in [-0.25, -0.2) is 4.99 Å². The summed E-state index contributed by atoms with van der Waals surface area (Å²) < 4.78 is 0. The second-order valence-electron chi connectivity index (χ2n) is 5.51. The molecule has 10 heteroatoms. The van der Waals surface area contributed by atoms with Gasteiger partial charge in [0.2, 0.25) is 5.91 Å². The van der Waals surface area contributed by atoms with Gasteiger partial charge in [0, 0.05) is 6.54 Å². The van der Waals surface area contributed by atoms with Crippen molar-refractivity contribution in [2.75, 3.05) is 5.75 Å². The lowest BCUT2D eigenvalue weighted by Gasteiger charge is -2.14. The number of amidine groups is 2. The summed E-state index contributed by atoms with van der Waals surface area (Å²) in [6.45, 7) is 0.399. The van der Waals surface area contributed by atoms with E-state index in [0.717, 1.165) is 17.3 Å². The molecule has 2 aromatic rings. The molecule has 0 fully saturated rings. The van der Waals surface area contributed by atoms with Crippen molar-refractivity contribution in [2.45, 2.75) is 6.54 Å². The average Bonchev–Trinajstić information content (AvgIpc) is 3.23. The van der Waals surface area contributed by atoms with Crippen molar-refractivity contribution in [1.29, 1.82) is 5.41 Å². The Kier molecular flexibility index (Phi) is 6.45. The lowest BCUT2D eigenvalue weighted by Crippen LogP contribution is -2.44. The standard InChI is InChI=1S/C18H15N5O3S2/c19-15-14(21-16(25)12-7-4-8-27-12)17(26)23-18(22-15)28-10-13(24)20-9-11-5-2-1-3-6-11/h1-8H,9-10H2,(H,20,24)(H2,19,22,23,26). The third kappa shape index (κ3) is 5.21. The molecule has 142 valence electrons. The zero-order chi connectivity index (χ0) is 19.9. The van der Waals surface area contributed by atoms with Crippen molar-refractivity contribution < 1.29 is 14.4 Å². The topological polar surface area (TPSA) is 124 Å². The first kappa shape index (κ1) is 19.6. The molecule has 0 radical (unpaired) electrons. The van der Waals surface area contributed by atoms with Gasteiger partial charge in [0.25, 0.3) is 11.8 Å². The van der Waals surface area contributed by atoms with Crippen molar-refractivity contribution >= 4 is 57.5 Å². The number of amides is 3. The van der Waals surface area contributed by atoms with Crippen LogP contribution in [0.25, 0.3) is 0 Å². The zero-order valence-corrected chi connectivity index (χ0v) is 16.1. The Hall–Kier alpha value is -3.11. The van der Waals surface area contributed by atoms with E-state index in [1.54, 1.807) is 17.5 Å². The van der Waals surface area contributed by atoms with Gasteiger partial charge in [-0.3, -0.25) is 25.1 Å². The van der Waals surface area contributed by atoms with E-state index in [1.165, 1.54) is 11.3 Å². The molecule has 0 bridgehead atoms. The fraction of sp³-hybridized carbons (Fsp3) is 0.111. The molecule has 1 aliphatic rings. The maximum atomic E-state index is 12.1. The van der Waals surface area contributed by atoms with Gasteiger partial charge in [0.1, 0.15) is 0 Å². The number of thiophene rings is 1. The van der Waals surface area contributed by atoms with Crippen LogP contribution in [0.1, 0.15) is 15.2 Å². The highest BCUT2D eigenvalue weighted by Gasteiger charge is 2.26. The number of nitrogens with one attached hydrogen (secondary N) is 3. The molecular weight excluding hydrogens is 398 g/mol. The van der Waals surface area contributed by atoms with Crippen molar-refractivity contribution in [2.24, 2.45) is 9.98 Å². The lowest BCUT2D eigenvalue weighted by molar-refractivity contribution is -0.118. The second-order valence-corrected chi connectivity index (χ2v) is 7.43. The zero-order valence-electron chi connectivity index (χ0n) is 14.5. The van der Waals surface area contributed by atoms with Crippen molar-refractivity contribution in [1.82, 2.24) is 10.6 Å². The maximum Gasteiger partial charge on any atom is 0.287 e. The van der Waals surface area contributed by atoms with Crippen molar-refractivity contribution in [3.63, 3.8) is 0 Å². The van der Waals surface area contributed by atoms with Gasteiger partial charge in [0.15, 0.2) is 16.7 Å². The molecule has 0 saturated carbocycles. The first-order valence-electron chi connectivity index (χ1n) is 8.12. The molecule has 28 heavy (non-hydrogen) atoms. The van der Waals surface area contributed by atoms with E-state index in [-0.39, 0.29) is 22.5 Å². The predicted molar refractivity (Wildman–Crippen MR) is 110 cm³/mol. The number of benzene rings is 1. The van der Waals surface area contributed by atoms with E-state index >= 15 is 0 Å². The van der Waals surface area contributed by atoms with Crippen LogP contribution in [0.3, 0.4) is 0 Å². The van der Waals surface area contributed by atoms with Gasteiger partial charge in [-0.05, 0) is 17.0 Å². The summed E-state index contributed by atoms with van der Waals surface area (Å²) in [7, 11) is 0. The summed E-state index contributed by atoms with van der Waals surface area (Å²) in [6.07, 6.45) is 0. The molecule has 0 saturated heterocycles. The Morgan fingerprint density at radius 3 is 2.68 bits per heavy atom. The van der Waals surface area contributed by atoms with E-state index in [9.17, 15) is 14.4 Å². The number of nitrogens with zero attached hydrogens (tertiary/aromatic N) is 2. The Labute approximate surface area is 168 Å². The fourth-order valence-electron chi connectivity index (χ4n) is 2.16. The average molecular weight is 413 g/mol. The van der Waals surface area contributed by atoms with Crippen LogP contribution in [0.4, 0.5) is 0 Å². The van der Waals surface area contributed by atoms with Crippen LogP contribution < -0.4 is 10.6 Å². The molecule has 3 amide bonds. The van der Waals surface area contributed by atoms with Crippen LogP contribution in [0.2, 0.25) is 0 Å². The second kappa shape index (κ2) is 9.20. The SMILES string of the molecule is N=C1N=C(SCC(=O)NCc2ccccc2)NC(=O)C1=NC(=O)c1cccs1. The minimum Gasteiger partial charge on any atom is -0.351 e. The molecule has 3 rings (SSSR count). The minimum absolute atomic E-state index is 0.0276. The van der Waals surface area contributed by atoms with Crippen LogP contribution >= 0.6 is 23.1 Å². The van der Waals surface area contributed by atoms with Crippen LogP contribution in [-0.2, 0) is 16.1 Å². The number of aliphatic imine (C=N–C) groups is 2. The van der Waals surface area contributed by atoms with Gasteiger partial charge in [-0.2, -0.15) is 4.99 Å². The molecule has 2 heterocycles. The van der Waals surface area contributed by atoms with E-state index in [2.05, 4.69) is 20.6 Å². The van der Waals surface area contributed by atoms with Crippen LogP contribution in [-0.4, -0.2) is 40.2 Å². The Balaban J connectivity index is 1.55. The molecule has 1 aromatic heterocycles. The fourth-order valence-corrected chi connectivity index (χ4v) is 3.45.